The number of methoxy groups -OCH3 is 1. The number of ether oxygens (including phenoxy) is 1. The molecule has 1 aliphatic heterocycles. The summed E-state index contributed by atoms with van der Waals surface area (Å²) < 4.78 is 7.15. The maximum Gasteiger partial charge on any atom is 0.274 e. The molecule has 1 unspecified atom stereocenters. The number of likely N-dealkylation sites (tertiary alicyclic amines) is 1. The van der Waals surface area contributed by atoms with E-state index in [0.717, 1.165) is 35.9 Å². The molecule has 6 heteroatoms. The van der Waals surface area contributed by atoms with Crippen molar-refractivity contribution in [2.24, 2.45) is 0 Å². The van der Waals surface area contributed by atoms with Crippen LogP contribution >= 0.6 is 0 Å². The van der Waals surface area contributed by atoms with Gasteiger partial charge in [0, 0.05) is 36.8 Å². The number of H-pyrrole nitrogens is 1. The van der Waals surface area contributed by atoms with Gasteiger partial charge in [0.1, 0.15) is 17.1 Å². The van der Waals surface area contributed by atoms with Gasteiger partial charge in [-0.15, -0.1) is 0 Å². The number of nitrogens with zero attached hydrogens (tertiary/aromatic N) is 3. The standard InChI is InChI=1S/C24H24N4O2/c1-16(27-13-19(14-27)17-8-10-20(30-2)11-9-17)21-15-28-22(24(29)26-21)12-25-23(28)18-6-4-3-5-7-18/h3-12,15-16,19H,13-14H2,1-2H3,(H,26,29). The lowest BCUT2D eigenvalue weighted by atomic mass is 9.90. The van der Waals surface area contributed by atoms with Gasteiger partial charge in [0.15, 0.2) is 0 Å². The number of hydrogen-bond donors (Lipinski definition) is 1. The molecule has 0 aliphatic carbocycles. The molecular formula is C24H24N4O2. The smallest absolute Gasteiger partial charge is 0.274 e. The Balaban J connectivity index is 1.39. The van der Waals surface area contributed by atoms with Gasteiger partial charge in [-0.3, -0.25) is 14.1 Å². The number of imidazole rings is 1. The molecule has 0 spiro atoms. The second kappa shape index (κ2) is 7.46. The van der Waals surface area contributed by atoms with Gasteiger partial charge in [-0.1, -0.05) is 42.5 Å². The van der Waals surface area contributed by atoms with Gasteiger partial charge < -0.3 is 9.72 Å². The number of nitrogens with one attached hydrogen (secondary N) is 1. The van der Waals surface area contributed by atoms with E-state index in [0.29, 0.717) is 11.4 Å². The zero-order valence-corrected chi connectivity index (χ0v) is 17.1. The molecule has 6 nitrogen and oxygen atoms in total. The van der Waals surface area contributed by atoms with Crippen LogP contribution < -0.4 is 10.3 Å². The van der Waals surface area contributed by atoms with E-state index in [-0.39, 0.29) is 11.6 Å². The SMILES string of the molecule is COc1ccc(C2CN(C(C)c3cn4c(-c5ccccc5)ncc4c(=O)[nH]3)C2)cc1. The quantitative estimate of drug-likeness (QED) is 0.553. The summed E-state index contributed by atoms with van der Waals surface area (Å²) in [6.07, 6.45) is 3.65. The molecule has 152 valence electrons. The first kappa shape index (κ1) is 18.6. The summed E-state index contributed by atoms with van der Waals surface area (Å²) in [5, 5.41) is 0. The van der Waals surface area contributed by atoms with E-state index in [1.54, 1.807) is 13.3 Å². The predicted molar refractivity (Wildman–Crippen MR) is 117 cm³/mol. The molecule has 4 aromatic rings. The fourth-order valence-corrected chi connectivity index (χ4v) is 4.15. The normalized spacial score (nSPS) is 15.8. The maximum atomic E-state index is 12.7. The van der Waals surface area contributed by atoms with E-state index in [2.05, 4.69) is 33.9 Å². The van der Waals surface area contributed by atoms with E-state index in [1.807, 2.05) is 53.1 Å². The molecule has 2 aromatic heterocycles. The van der Waals surface area contributed by atoms with Crippen molar-refractivity contribution in [2.45, 2.75) is 18.9 Å². The van der Waals surface area contributed by atoms with Crippen molar-refractivity contribution in [3.05, 3.63) is 88.6 Å². The van der Waals surface area contributed by atoms with E-state index in [4.69, 9.17) is 4.74 Å². The van der Waals surface area contributed by atoms with E-state index in [9.17, 15) is 4.79 Å². The molecule has 3 heterocycles. The number of fused-ring (bicyclic) bond motifs is 1. The van der Waals surface area contributed by atoms with Crippen LogP contribution in [0.5, 0.6) is 5.75 Å². The van der Waals surface area contributed by atoms with Gasteiger partial charge >= 0.3 is 0 Å². The lowest BCUT2D eigenvalue weighted by Crippen LogP contribution is -2.46. The molecule has 1 aliphatic rings. The number of aromatic amines is 1. The lowest BCUT2D eigenvalue weighted by Gasteiger charge is -2.43. The molecule has 5 rings (SSSR count). The Kier molecular flexibility index (Phi) is 4.64. The predicted octanol–water partition coefficient (Wildman–Crippen LogP) is 3.86. The Hall–Kier alpha value is -3.38. The van der Waals surface area contributed by atoms with Gasteiger partial charge in [-0.25, -0.2) is 4.98 Å². The second-order valence-electron chi connectivity index (χ2n) is 7.84. The van der Waals surface area contributed by atoms with Crippen LogP contribution in [0.25, 0.3) is 16.9 Å². The van der Waals surface area contributed by atoms with Crippen molar-refractivity contribution in [2.75, 3.05) is 20.2 Å². The Morgan fingerprint density at radius 1 is 1.10 bits per heavy atom. The molecular weight excluding hydrogens is 376 g/mol. The molecule has 30 heavy (non-hydrogen) atoms. The third-order valence-electron chi connectivity index (χ3n) is 6.08. The van der Waals surface area contributed by atoms with Gasteiger partial charge in [0.05, 0.1) is 19.0 Å². The van der Waals surface area contributed by atoms with Crippen LogP contribution in [0.4, 0.5) is 0 Å². The first-order valence-corrected chi connectivity index (χ1v) is 10.2. The minimum Gasteiger partial charge on any atom is -0.497 e. The third-order valence-corrected chi connectivity index (χ3v) is 6.08. The van der Waals surface area contributed by atoms with Crippen LogP contribution in [0, 0.1) is 0 Å². The highest BCUT2D eigenvalue weighted by Gasteiger charge is 2.32. The minimum absolute atomic E-state index is 0.110. The molecule has 1 N–H and O–H groups in total. The summed E-state index contributed by atoms with van der Waals surface area (Å²) in [6, 6.07) is 18.4. The van der Waals surface area contributed by atoms with Crippen LogP contribution in [0.3, 0.4) is 0 Å². The first-order chi connectivity index (χ1) is 14.6. The van der Waals surface area contributed by atoms with Crippen LogP contribution in [-0.2, 0) is 0 Å². The van der Waals surface area contributed by atoms with Crippen molar-refractivity contribution in [3.63, 3.8) is 0 Å². The molecule has 0 saturated carbocycles. The number of aromatic nitrogens is 3. The van der Waals surface area contributed by atoms with Crippen molar-refractivity contribution in [3.8, 4) is 17.1 Å². The average Bonchev–Trinajstić information content (AvgIpc) is 3.18. The topological polar surface area (TPSA) is 62.6 Å². The summed E-state index contributed by atoms with van der Waals surface area (Å²) in [5.41, 5.74) is 3.66. The van der Waals surface area contributed by atoms with Crippen LogP contribution in [0.2, 0.25) is 0 Å². The Bertz CT molecular complexity index is 1220. The zero-order chi connectivity index (χ0) is 20.7. The number of hydrogen-bond acceptors (Lipinski definition) is 4. The molecule has 1 fully saturated rings. The minimum atomic E-state index is -0.110. The van der Waals surface area contributed by atoms with Gasteiger partial charge in [-0.05, 0) is 24.6 Å². The Morgan fingerprint density at radius 3 is 2.53 bits per heavy atom. The summed E-state index contributed by atoms with van der Waals surface area (Å²) in [7, 11) is 1.68. The van der Waals surface area contributed by atoms with E-state index in [1.165, 1.54) is 5.56 Å². The monoisotopic (exact) mass is 400 g/mol. The van der Waals surface area contributed by atoms with Gasteiger partial charge in [-0.2, -0.15) is 0 Å². The maximum absolute atomic E-state index is 12.7. The number of benzene rings is 2. The Morgan fingerprint density at radius 2 is 1.83 bits per heavy atom. The summed E-state index contributed by atoms with van der Waals surface area (Å²) in [5.74, 6) is 2.16. The Labute approximate surface area is 174 Å². The molecule has 1 atom stereocenters. The van der Waals surface area contributed by atoms with E-state index >= 15 is 0 Å². The fraction of sp³-hybridized carbons (Fsp3) is 0.250. The average molecular weight is 400 g/mol. The molecule has 1 saturated heterocycles. The summed E-state index contributed by atoms with van der Waals surface area (Å²) in [6.45, 7) is 4.06. The largest absolute Gasteiger partial charge is 0.497 e. The third kappa shape index (κ3) is 3.19. The van der Waals surface area contributed by atoms with Crippen LogP contribution in [0.1, 0.15) is 30.1 Å². The summed E-state index contributed by atoms with van der Waals surface area (Å²) >= 11 is 0. The fourth-order valence-electron chi connectivity index (χ4n) is 4.15. The molecule has 0 amide bonds. The lowest BCUT2D eigenvalue weighted by molar-refractivity contribution is 0.0979. The van der Waals surface area contributed by atoms with Crippen LogP contribution in [-0.4, -0.2) is 39.5 Å². The second-order valence-corrected chi connectivity index (χ2v) is 7.84. The molecule has 2 aromatic carbocycles. The number of rotatable bonds is 5. The van der Waals surface area contributed by atoms with Crippen molar-refractivity contribution < 1.29 is 4.74 Å². The summed E-state index contributed by atoms with van der Waals surface area (Å²) in [4.78, 5) is 22.6. The van der Waals surface area contributed by atoms with Crippen molar-refractivity contribution in [1.82, 2.24) is 19.3 Å². The van der Waals surface area contributed by atoms with Crippen molar-refractivity contribution >= 4 is 5.52 Å². The van der Waals surface area contributed by atoms with E-state index < -0.39 is 0 Å². The zero-order valence-electron chi connectivity index (χ0n) is 17.1. The first-order valence-electron chi connectivity index (χ1n) is 10.2. The van der Waals surface area contributed by atoms with Gasteiger partial charge in [0.25, 0.3) is 5.56 Å². The van der Waals surface area contributed by atoms with Gasteiger partial charge in [0.2, 0.25) is 0 Å². The van der Waals surface area contributed by atoms with Crippen LogP contribution in [0.15, 0.2) is 71.8 Å². The molecule has 0 bridgehead atoms. The highest BCUT2D eigenvalue weighted by Crippen LogP contribution is 2.34. The van der Waals surface area contributed by atoms with Crippen molar-refractivity contribution in [1.29, 1.82) is 0 Å². The molecule has 0 radical (unpaired) electrons. The highest BCUT2D eigenvalue weighted by atomic mass is 16.5. The highest BCUT2D eigenvalue weighted by molar-refractivity contribution is 5.61.